The summed E-state index contributed by atoms with van der Waals surface area (Å²) in [5, 5.41) is 12.7. The zero-order chi connectivity index (χ0) is 15.6. The number of hydrogen-bond acceptors (Lipinski definition) is 6. The van der Waals surface area contributed by atoms with E-state index >= 15 is 0 Å². The summed E-state index contributed by atoms with van der Waals surface area (Å²) in [6, 6.07) is -0.358. The highest BCUT2D eigenvalue weighted by Crippen LogP contribution is 2.17. The molecule has 2 heterocycles. The number of hydrogen-bond donors (Lipinski definition) is 2. The number of nitrogens with one attached hydrogen (secondary N) is 2. The lowest BCUT2D eigenvalue weighted by Gasteiger charge is -2.20. The minimum atomic E-state index is -3.34. The number of sulfonamides is 1. The van der Waals surface area contributed by atoms with Crippen LogP contribution < -0.4 is 5.32 Å². The summed E-state index contributed by atoms with van der Waals surface area (Å²) >= 11 is 0. The smallest absolute Gasteiger partial charge is 0.274 e. The van der Waals surface area contributed by atoms with Crippen LogP contribution in [-0.2, 0) is 14.8 Å². The molecule has 1 aliphatic heterocycles. The highest BCUT2D eigenvalue weighted by molar-refractivity contribution is 7.89. The number of aromatic amines is 1. The fourth-order valence-electron chi connectivity index (χ4n) is 2.08. The number of carbonyl (C=O) groups excluding carboxylic acids is 1. The first-order chi connectivity index (χ1) is 9.81. The molecule has 1 aliphatic rings. The number of carbonyl (C=O) groups is 1. The van der Waals surface area contributed by atoms with Gasteiger partial charge in [0.05, 0.1) is 30.7 Å². The Morgan fingerprint density at radius 2 is 2.14 bits per heavy atom. The van der Waals surface area contributed by atoms with Crippen molar-refractivity contribution in [3.63, 3.8) is 0 Å². The van der Waals surface area contributed by atoms with Crippen molar-refractivity contribution in [3.8, 4) is 0 Å². The Labute approximate surface area is 123 Å². The SMILES string of the molecule is Cc1n[nH]nc1C(=O)N[C@@H]1COC[C@H]1CS(=O)(=O)N(C)C. The van der Waals surface area contributed by atoms with Crippen LogP contribution in [0.2, 0.25) is 0 Å². The van der Waals surface area contributed by atoms with E-state index in [4.69, 9.17) is 4.74 Å². The Hall–Kier alpha value is -1.52. The van der Waals surface area contributed by atoms with Crippen molar-refractivity contribution in [3.05, 3.63) is 11.4 Å². The maximum Gasteiger partial charge on any atom is 0.274 e. The van der Waals surface area contributed by atoms with Crippen molar-refractivity contribution in [1.29, 1.82) is 0 Å². The second-order valence-corrected chi connectivity index (χ2v) is 7.42. The highest BCUT2D eigenvalue weighted by atomic mass is 32.2. The molecule has 0 radical (unpaired) electrons. The summed E-state index contributed by atoms with van der Waals surface area (Å²) in [5.74, 6) is -0.736. The average Bonchev–Trinajstić information content (AvgIpc) is 2.98. The van der Waals surface area contributed by atoms with Gasteiger partial charge in [-0.15, -0.1) is 0 Å². The third kappa shape index (κ3) is 3.57. The van der Waals surface area contributed by atoms with Gasteiger partial charge in [-0.05, 0) is 6.92 Å². The highest BCUT2D eigenvalue weighted by Gasteiger charge is 2.34. The first kappa shape index (κ1) is 15.9. The molecule has 2 N–H and O–H groups in total. The van der Waals surface area contributed by atoms with Crippen LogP contribution in [-0.4, -0.2) is 73.1 Å². The molecule has 10 heteroatoms. The van der Waals surface area contributed by atoms with Gasteiger partial charge in [-0.25, -0.2) is 12.7 Å². The third-order valence-corrected chi connectivity index (χ3v) is 5.40. The van der Waals surface area contributed by atoms with E-state index in [0.717, 1.165) is 0 Å². The second-order valence-electron chi connectivity index (χ2n) is 5.20. The zero-order valence-corrected chi connectivity index (χ0v) is 13.0. The monoisotopic (exact) mass is 317 g/mol. The molecule has 21 heavy (non-hydrogen) atoms. The van der Waals surface area contributed by atoms with Gasteiger partial charge in [0.15, 0.2) is 5.69 Å². The Kier molecular flexibility index (Phi) is 4.59. The predicted molar refractivity (Wildman–Crippen MR) is 74.2 cm³/mol. The zero-order valence-electron chi connectivity index (χ0n) is 12.2. The van der Waals surface area contributed by atoms with Crippen LogP contribution in [0, 0.1) is 12.8 Å². The molecule has 0 bridgehead atoms. The first-order valence-electron chi connectivity index (χ1n) is 6.47. The molecule has 0 spiro atoms. The molecule has 0 unspecified atom stereocenters. The summed E-state index contributed by atoms with van der Waals surface area (Å²) in [7, 11) is -0.377. The molecule has 2 rings (SSSR count). The molecule has 1 aromatic rings. The summed E-state index contributed by atoms with van der Waals surface area (Å²) in [6.45, 7) is 2.25. The van der Waals surface area contributed by atoms with Gasteiger partial charge in [-0.1, -0.05) is 0 Å². The van der Waals surface area contributed by atoms with Gasteiger partial charge in [-0.3, -0.25) is 4.79 Å². The Balaban J connectivity index is 2.03. The Morgan fingerprint density at radius 1 is 1.43 bits per heavy atom. The van der Waals surface area contributed by atoms with Gasteiger partial charge in [-0.2, -0.15) is 15.4 Å². The number of nitrogens with zero attached hydrogens (tertiary/aromatic N) is 3. The topological polar surface area (TPSA) is 117 Å². The largest absolute Gasteiger partial charge is 0.379 e. The second kappa shape index (κ2) is 6.08. The van der Waals surface area contributed by atoms with Gasteiger partial charge in [0.1, 0.15) is 0 Å². The number of aryl methyl sites for hydroxylation is 1. The van der Waals surface area contributed by atoms with Gasteiger partial charge in [0.25, 0.3) is 5.91 Å². The summed E-state index contributed by atoms with van der Waals surface area (Å²) in [6.07, 6.45) is 0. The van der Waals surface area contributed by atoms with Gasteiger partial charge in [0, 0.05) is 20.0 Å². The molecule has 118 valence electrons. The lowest BCUT2D eigenvalue weighted by atomic mass is 10.1. The van der Waals surface area contributed by atoms with Crippen molar-refractivity contribution >= 4 is 15.9 Å². The molecule has 9 nitrogen and oxygen atoms in total. The summed E-state index contributed by atoms with van der Waals surface area (Å²) < 4.78 is 30.3. The quantitative estimate of drug-likeness (QED) is 0.701. The fourth-order valence-corrected chi connectivity index (χ4v) is 3.25. The molecule has 0 saturated carbocycles. The van der Waals surface area contributed by atoms with Crippen LogP contribution in [0.1, 0.15) is 16.2 Å². The number of rotatable bonds is 5. The minimum absolute atomic E-state index is 0.0667. The third-order valence-electron chi connectivity index (χ3n) is 3.43. The molecular weight excluding hydrogens is 298 g/mol. The van der Waals surface area contributed by atoms with E-state index in [1.165, 1.54) is 18.4 Å². The Bertz CT molecular complexity index is 612. The van der Waals surface area contributed by atoms with Crippen LogP contribution >= 0.6 is 0 Å². The molecular formula is C11H19N5O4S. The normalized spacial score (nSPS) is 22.7. The van der Waals surface area contributed by atoms with E-state index < -0.39 is 10.0 Å². The predicted octanol–water partition coefficient (Wildman–Crippen LogP) is -1.25. The molecule has 1 amide bonds. The van der Waals surface area contributed by atoms with Crippen molar-refractivity contribution in [2.24, 2.45) is 5.92 Å². The Morgan fingerprint density at radius 3 is 2.71 bits per heavy atom. The van der Waals surface area contributed by atoms with Crippen molar-refractivity contribution < 1.29 is 17.9 Å². The average molecular weight is 317 g/mol. The molecule has 1 aromatic heterocycles. The standard InChI is InChI=1S/C11H19N5O4S/c1-7-10(14-15-13-7)11(17)12-9-5-20-4-8(9)6-21(18,19)16(2)3/h8-9H,4-6H2,1-3H3,(H,12,17)(H,13,14,15)/t8-,9+/m0/s1. The minimum Gasteiger partial charge on any atom is -0.379 e. The van der Waals surface area contributed by atoms with E-state index in [1.54, 1.807) is 6.92 Å². The maximum atomic E-state index is 12.1. The summed E-state index contributed by atoms with van der Waals surface area (Å²) in [5.41, 5.74) is 0.694. The lowest BCUT2D eigenvalue weighted by Crippen LogP contribution is -2.43. The van der Waals surface area contributed by atoms with Crippen LogP contribution in [0.3, 0.4) is 0 Å². The van der Waals surface area contributed by atoms with E-state index in [1.807, 2.05) is 0 Å². The number of H-pyrrole nitrogens is 1. The lowest BCUT2D eigenvalue weighted by molar-refractivity contribution is 0.0920. The molecule has 0 aliphatic carbocycles. The van der Waals surface area contributed by atoms with E-state index in [2.05, 4.69) is 20.7 Å². The van der Waals surface area contributed by atoms with E-state index in [0.29, 0.717) is 12.3 Å². The first-order valence-corrected chi connectivity index (χ1v) is 8.08. The molecule has 1 fully saturated rings. The number of ether oxygens (including phenoxy) is 1. The van der Waals surface area contributed by atoms with Crippen molar-refractivity contribution in [1.82, 2.24) is 25.0 Å². The van der Waals surface area contributed by atoms with Crippen LogP contribution in [0.4, 0.5) is 0 Å². The van der Waals surface area contributed by atoms with Gasteiger partial charge < -0.3 is 10.1 Å². The summed E-state index contributed by atoms with van der Waals surface area (Å²) in [4.78, 5) is 12.1. The van der Waals surface area contributed by atoms with Crippen LogP contribution in [0.5, 0.6) is 0 Å². The van der Waals surface area contributed by atoms with E-state index in [9.17, 15) is 13.2 Å². The molecule has 2 atom stereocenters. The maximum absolute atomic E-state index is 12.1. The molecule has 0 aromatic carbocycles. The number of aromatic nitrogens is 3. The van der Waals surface area contributed by atoms with Crippen LogP contribution in [0.25, 0.3) is 0 Å². The van der Waals surface area contributed by atoms with Crippen LogP contribution in [0.15, 0.2) is 0 Å². The van der Waals surface area contributed by atoms with Crippen molar-refractivity contribution in [2.45, 2.75) is 13.0 Å². The fraction of sp³-hybridized carbons (Fsp3) is 0.727. The van der Waals surface area contributed by atoms with Gasteiger partial charge in [0.2, 0.25) is 10.0 Å². The molecule has 1 saturated heterocycles. The number of amides is 1. The van der Waals surface area contributed by atoms with Crippen molar-refractivity contribution in [2.75, 3.05) is 33.1 Å². The van der Waals surface area contributed by atoms with Gasteiger partial charge >= 0.3 is 0 Å². The van der Waals surface area contributed by atoms with E-state index in [-0.39, 0.29) is 35.9 Å².